The number of H-pyrrole nitrogens is 1. The Kier molecular flexibility index (Phi) is 3.02. The predicted molar refractivity (Wildman–Crippen MR) is 96.0 cm³/mol. The van der Waals surface area contributed by atoms with E-state index in [9.17, 15) is 5.11 Å². The van der Waals surface area contributed by atoms with Gasteiger partial charge in [-0.25, -0.2) is 0 Å². The number of aromatic amines is 1. The molecule has 0 radical (unpaired) electrons. The third-order valence-electron chi connectivity index (χ3n) is 8.24. The van der Waals surface area contributed by atoms with Crippen LogP contribution >= 0.6 is 0 Å². The molecule has 2 aromatic rings. The van der Waals surface area contributed by atoms with Crippen molar-refractivity contribution in [3.63, 3.8) is 0 Å². The summed E-state index contributed by atoms with van der Waals surface area (Å²) in [6.45, 7) is 4.56. The van der Waals surface area contributed by atoms with Gasteiger partial charge in [-0.1, -0.05) is 19.9 Å². The molecule has 5 atom stereocenters. The molecule has 0 spiro atoms. The van der Waals surface area contributed by atoms with Crippen molar-refractivity contribution in [3.8, 4) is 0 Å². The zero-order valence-corrected chi connectivity index (χ0v) is 14.8. The van der Waals surface area contributed by atoms with Crippen LogP contribution in [0.1, 0.15) is 69.4 Å². The Labute approximate surface area is 143 Å². The van der Waals surface area contributed by atoms with E-state index in [2.05, 4.69) is 36.2 Å². The molecule has 2 fully saturated rings. The molecule has 3 aliphatic carbocycles. The number of aryl methyl sites for hydroxylation is 1. The Morgan fingerprint density at radius 3 is 2.96 bits per heavy atom. The Bertz CT molecular complexity index is 796. The van der Waals surface area contributed by atoms with E-state index in [1.165, 1.54) is 48.6 Å². The predicted octanol–water partition coefficient (Wildman–Crippen LogP) is 4.56. The number of nitrogens with one attached hydrogen (secondary N) is 1. The van der Waals surface area contributed by atoms with Crippen molar-refractivity contribution in [2.24, 2.45) is 17.3 Å². The molecule has 2 saturated carbocycles. The topological polar surface area (TPSA) is 48.9 Å². The third kappa shape index (κ3) is 1.69. The first-order valence-electron chi connectivity index (χ1n) is 9.74. The van der Waals surface area contributed by atoms with Gasteiger partial charge in [-0.15, -0.1) is 0 Å². The molecule has 0 amide bonds. The van der Waals surface area contributed by atoms with Gasteiger partial charge in [-0.2, -0.15) is 5.10 Å². The first-order chi connectivity index (χ1) is 11.6. The van der Waals surface area contributed by atoms with Gasteiger partial charge >= 0.3 is 0 Å². The monoisotopic (exact) mass is 324 g/mol. The number of rotatable bonds is 1. The average Bonchev–Trinajstić information content (AvgIpc) is 3.18. The van der Waals surface area contributed by atoms with E-state index < -0.39 is 5.60 Å². The van der Waals surface area contributed by atoms with Crippen LogP contribution in [0.15, 0.2) is 18.3 Å². The van der Waals surface area contributed by atoms with Crippen LogP contribution in [-0.2, 0) is 6.42 Å². The Morgan fingerprint density at radius 2 is 2.12 bits per heavy atom. The van der Waals surface area contributed by atoms with Crippen molar-refractivity contribution >= 4 is 10.9 Å². The minimum atomic E-state index is -0.433. The summed E-state index contributed by atoms with van der Waals surface area (Å²) in [5.74, 6) is 2.13. The molecule has 0 aliphatic heterocycles. The summed E-state index contributed by atoms with van der Waals surface area (Å²) in [5.41, 5.74) is 3.98. The molecule has 2 N–H and O–H groups in total. The van der Waals surface area contributed by atoms with E-state index in [-0.39, 0.29) is 5.41 Å². The molecule has 24 heavy (non-hydrogen) atoms. The lowest BCUT2D eigenvalue weighted by atomic mass is 9.53. The maximum Gasteiger partial charge on any atom is 0.0701 e. The lowest BCUT2D eigenvalue weighted by molar-refractivity contribution is -0.104. The number of aromatic nitrogens is 2. The zero-order valence-electron chi connectivity index (χ0n) is 14.8. The number of hydrogen-bond donors (Lipinski definition) is 2. The van der Waals surface area contributed by atoms with Gasteiger partial charge in [0.1, 0.15) is 0 Å². The van der Waals surface area contributed by atoms with Gasteiger partial charge in [-0.05, 0) is 85.3 Å². The van der Waals surface area contributed by atoms with Gasteiger partial charge in [-0.3, -0.25) is 5.10 Å². The van der Waals surface area contributed by atoms with Crippen molar-refractivity contribution < 1.29 is 5.11 Å². The molecule has 5 rings (SSSR count). The first kappa shape index (κ1) is 14.9. The molecule has 1 heterocycles. The van der Waals surface area contributed by atoms with Gasteiger partial charge in [0.15, 0.2) is 0 Å². The highest BCUT2D eigenvalue weighted by Gasteiger charge is 2.60. The summed E-state index contributed by atoms with van der Waals surface area (Å²) in [6, 6.07) is 4.57. The lowest BCUT2D eigenvalue weighted by Gasteiger charge is -2.53. The van der Waals surface area contributed by atoms with E-state index in [1.54, 1.807) is 5.56 Å². The van der Waals surface area contributed by atoms with Crippen molar-refractivity contribution in [1.29, 1.82) is 0 Å². The summed E-state index contributed by atoms with van der Waals surface area (Å²) < 4.78 is 0. The maximum atomic E-state index is 11.2. The second-order valence-corrected chi connectivity index (χ2v) is 8.76. The fraction of sp³-hybridized carbons (Fsp3) is 0.667. The highest BCUT2D eigenvalue weighted by Crippen LogP contribution is 2.65. The second kappa shape index (κ2) is 4.85. The lowest BCUT2D eigenvalue weighted by Crippen LogP contribution is -2.50. The maximum absolute atomic E-state index is 11.2. The molecular formula is C21H28N2O. The van der Waals surface area contributed by atoms with Crippen LogP contribution in [0.2, 0.25) is 0 Å². The normalized spacial score (nSPS) is 41.0. The minimum absolute atomic E-state index is 0.125. The molecule has 0 bridgehead atoms. The Hall–Kier alpha value is -1.35. The number of fused-ring (bicyclic) bond motifs is 7. The molecule has 1 aromatic heterocycles. The van der Waals surface area contributed by atoms with Crippen LogP contribution in [0.25, 0.3) is 10.9 Å². The second-order valence-electron chi connectivity index (χ2n) is 8.76. The zero-order chi connectivity index (χ0) is 16.5. The van der Waals surface area contributed by atoms with Gasteiger partial charge < -0.3 is 5.11 Å². The number of nitrogens with zero attached hydrogens (tertiary/aromatic N) is 1. The van der Waals surface area contributed by atoms with Crippen LogP contribution in [0.3, 0.4) is 0 Å². The highest BCUT2D eigenvalue weighted by molar-refractivity contribution is 5.83. The van der Waals surface area contributed by atoms with Crippen LogP contribution in [0, 0.1) is 17.3 Å². The van der Waals surface area contributed by atoms with Gasteiger partial charge in [0.25, 0.3) is 0 Å². The number of hydrogen-bond acceptors (Lipinski definition) is 2. The van der Waals surface area contributed by atoms with Crippen LogP contribution in [0.5, 0.6) is 0 Å². The number of aliphatic hydroxyl groups is 1. The molecule has 0 saturated heterocycles. The summed E-state index contributed by atoms with van der Waals surface area (Å²) >= 11 is 0. The first-order valence-corrected chi connectivity index (χ1v) is 9.74. The van der Waals surface area contributed by atoms with E-state index in [4.69, 9.17) is 0 Å². The quantitative estimate of drug-likeness (QED) is 0.808. The van der Waals surface area contributed by atoms with E-state index in [0.29, 0.717) is 11.8 Å². The fourth-order valence-electron chi connectivity index (χ4n) is 6.80. The molecular weight excluding hydrogens is 296 g/mol. The van der Waals surface area contributed by atoms with Crippen LogP contribution < -0.4 is 0 Å². The molecule has 128 valence electrons. The number of benzene rings is 1. The van der Waals surface area contributed by atoms with Gasteiger partial charge in [0.2, 0.25) is 0 Å². The molecule has 3 nitrogen and oxygen atoms in total. The summed E-state index contributed by atoms with van der Waals surface area (Å²) in [4.78, 5) is 0. The van der Waals surface area contributed by atoms with Crippen molar-refractivity contribution in [2.45, 2.75) is 70.3 Å². The third-order valence-corrected chi connectivity index (χ3v) is 8.24. The summed E-state index contributed by atoms with van der Waals surface area (Å²) in [5, 5.41) is 19.9. The molecule has 1 aromatic carbocycles. The highest BCUT2D eigenvalue weighted by atomic mass is 16.3. The van der Waals surface area contributed by atoms with E-state index in [1.807, 2.05) is 6.20 Å². The largest absolute Gasteiger partial charge is 0.389 e. The fourth-order valence-corrected chi connectivity index (χ4v) is 6.80. The van der Waals surface area contributed by atoms with Crippen LogP contribution in [-0.4, -0.2) is 20.9 Å². The van der Waals surface area contributed by atoms with Gasteiger partial charge in [0.05, 0.1) is 17.3 Å². The summed E-state index contributed by atoms with van der Waals surface area (Å²) in [6.07, 6.45) is 9.98. The SMILES string of the molecule is CCC1(O)CCC2C3CCc4c(ccc5[nH]ncc45)C3CCC21C. The Balaban J connectivity index is 1.57. The minimum Gasteiger partial charge on any atom is -0.389 e. The Morgan fingerprint density at radius 1 is 1.25 bits per heavy atom. The van der Waals surface area contributed by atoms with E-state index >= 15 is 0 Å². The van der Waals surface area contributed by atoms with Crippen LogP contribution in [0.4, 0.5) is 0 Å². The molecule has 3 heteroatoms. The summed E-state index contributed by atoms with van der Waals surface area (Å²) in [7, 11) is 0. The van der Waals surface area contributed by atoms with Crippen molar-refractivity contribution in [1.82, 2.24) is 10.2 Å². The smallest absolute Gasteiger partial charge is 0.0701 e. The van der Waals surface area contributed by atoms with Crippen molar-refractivity contribution in [3.05, 3.63) is 29.5 Å². The molecule has 3 aliphatic rings. The van der Waals surface area contributed by atoms with Gasteiger partial charge in [0, 0.05) is 5.39 Å². The average molecular weight is 324 g/mol. The molecule has 5 unspecified atom stereocenters. The van der Waals surface area contributed by atoms with Crippen molar-refractivity contribution in [2.75, 3.05) is 0 Å². The van der Waals surface area contributed by atoms with E-state index in [0.717, 1.165) is 18.8 Å². The standard InChI is InChI=1S/C21H28N2O/c1-3-21(24)11-9-18-16-5-4-14-13(15(16)8-10-20(18,21)2)6-7-19-17(14)12-22-23-19/h6-7,12,15-16,18,24H,3-5,8-11H2,1-2H3,(H,22,23).